The number of rotatable bonds is 1. The Bertz CT molecular complexity index is 1140. The van der Waals surface area contributed by atoms with Crippen LogP contribution in [0.15, 0.2) is 60.2 Å². The van der Waals surface area contributed by atoms with Crippen molar-refractivity contribution < 1.29 is 0 Å². The fourth-order valence-corrected chi connectivity index (χ4v) is 6.32. The summed E-state index contributed by atoms with van der Waals surface area (Å²) in [7, 11) is 0. The van der Waals surface area contributed by atoms with Crippen molar-refractivity contribution in [1.29, 1.82) is 0 Å². The minimum atomic E-state index is -0.541. The van der Waals surface area contributed by atoms with Crippen LogP contribution in [0.5, 0.6) is 0 Å². The van der Waals surface area contributed by atoms with Gasteiger partial charge in [0.2, 0.25) is 0 Å². The number of halogens is 4. The van der Waals surface area contributed by atoms with Gasteiger partial charge in [0.25, 0.3) is 0 Å². The average molecular weight is 446 g/mol. The molecule has 4 heteroatoms. The monoisotopic (exact) mass is 444 g/mol. The maximum Gasteiger partial charge on any atom is 0.0797 e. The lowest BCUT2D eigenvalue weighted by Crippen LogP contribution is -2.43. The smallest absolute Gasteiger partial charge is 0.0797 e. The van der Waals surface area contributed by atoms with Crippen LogP contribution in [0.25, 0.3) is 0 Å². The molecule has 0 unspecified atom stereocenters. The second-order valence-electron chi connectivity index (χ2n) is 7.37. The molecule has 0 aromatic heterocycles. The third kappa shape index (κ3) is 2.00. The standard InChI is InChI=1S/C24H16Cl4/c1-3-12(2)24-15-10-6-4-8-13(15)17(14-9-5-7-11-16(14)24)18-19(24)21(26)23(28)22(27)20(18)25/h3-11,17H,1-2H3/b12-3+. The lowest BCUT2D eigenvalue weighted by Gasteiger charge is -2.52. The first kappa shape index (κ1) is 18.6. The molecule has 0 amide bonds. The predicted molar refractivity (Wildman–Crippen MR) is 120 cm³/mol. The molecule has 3 aromatic rings. The van der Waals surface area contributed by atoms with Gasteiger partial charge in [0.15, 0.2) is 0 Å². The third-order valence-corrected chi connectivity index (χ3v) is 8.16. The molecule has 0 saturated heterocycles. The molecule has 0 fully saturated rings. The average Bonchev–Trinajstić information content (AvgIpc) is 2.74. The van der Waals surface area contributed by atoms with Crippen molar-refractivity contribution in [3.8, 4) is 0 Å². The topological polar surface area (TPSA) is 0 Å². The molecule has 3 aliphatic rings. The summed E-state index contributed by atoms with van der Waals surface area (Å²) in [5.41, 5.74) is 7.53. The molecular weight excluding hydrogens is 430 g/mol. The van der Waals surface area contributed by atoms with Crippen LogP contribution in [0.3, 0.4) is 0 Å². The van der Waals surface area contributed by atoms with E-state index in [2.05, 4.69) is 68.5 Å². The van der Waals surface area contributed by atoms with E-state index in [9.17, 15) is 0 Å². The van der Waals surface area contributed by atoms with Gasteiger partial charge in [-0.25, -0.2) is 0 Å². The number of hydrogen-bond acceptors (Lipinski definition) is 0. The Morgan fingerprint density at radius 2 is 1.29 bits per heavy atom. The Morgan fingerprint density at radius 3 is 1.82 bits per heavy atom. The van der Waals surface area contributed by atoms with Gasteiger partial charge in [0, 0.05) is 5.92 Å². The molecule has 3 aromatic carbocycles. The van der Waals surface area contributed by atoms with Crippen LogP contribution >= 0.6 is 46.4 Å². The van der Waals surface area contributed by atoms with Gasteiger partial charge < -0.3 is 0 Å². The Labute approximate surface area is 184 Å². The van der Waals surface area contributed by atoms with E-state index in [1.54, 1.807) is 0 Å². The molecule has 140 valence electrons. The second kappa shape index (κ2) is 6.28. The number of hydrogen-bond donors (Lipinski definition) is 0. The van der Waals surface area contributed by atoms with Crippen LogP contribution < -0.4 is 0 Å². The summed E-state index contributed by atoms with van der Waals surface area (Å²) in [6.07, 6.45) is 2.15. The van der Waals surface area contributed by atoms with E-state index in [4.69, 9.17) is 46.4 Å². The summed E-state index contributed by atoms with van der Waals surface area (Å²) in [6, 6.07) is 17.1. The second-order valence-corrected chi connectivity index (χ2v) is 8.89. The fourth-order valence-electron chi connectivity index (χ4n) is 5.20. The largest absolute Gasteiger partial charge is 0.0872 e. The van der Waals surface area contributed by atoms with Gasteiger partial charge in [0.05, 0.1) is 25.5 Å². The molecule has 6 rings (SSSR count). The predicted octanol–water partition coefficient (Wildman–Crippen LogP) is 8.41. The molecule has 28 heavy (non-hydrogen) atoms. The zero-order valence-corrected chi connectivity index (χ0v) is 18.3. The van der Waals surface area contributed by atoms with E-state index < -0.39 is 5.41 Å². The van der Waals surface area contributed by atoms with Gasteiger partial charge in [-0.3, -0.25) is 0 Å². The van der Waals surface area contributed by atoms with Crippen LogP contribution in [0.2, 0.25) is 20.1 Å². The molecule has 0 saturated carbocycles. The SMILES string of the molecule is C/C=C(\C)C12c3ccccc3C(c3ccccc31)c1c(Cl)c(Cl)c(Cl)c(Cl)c12. The van der Waals surface area contributed by atoms with E-state index in [0.29, 0.717) is 20.1 Å². The normalized spacial score (nSPS) is 21.9. The van der Waals surface area contributed by atoms with Gasteiger partial charge >= 0.3 is 0 Å². The number of allylic oxidation sites excluding steroid dienone is 2. The molecular formula is C24H16Cl4. The minimum Gasteiger partial charge on any atom is -0.0872 e. The van der Waals surface area contributed by atoms with Gasteiger partial charge in [0.1, 0.15) is 0 Å². The van der Waals surface area contributed by atoms with Crippen LogP contribution in [0.1, 0.15) is 53.1 Å². The maximum atomic E-state index is 6.90. The van der Waals surface area contributed by atoms with Crippen molar-refractivity contribution in [2.24, 2.45) is 0 Å². The first-order chi connectivity index (χ1) is 13.5. The van der Waals surface area contributed by atoms with Crippen molar-refractivity contribution in [3.63, 3.8) is 0 Å². The molecule has 2 bridgehead atoms. The molecule has 0 radical (unpaired) electrons. The quantitative estimate of drug-likeness (QED) is 0.200. The van der Waals surface area contributed by atoms with Crippen molar-refractivity contribution in [2.45, 2.75) is 25.2 Å². The van der Waals surface area contributed by atoms with Crippen LogP contribution in [-0.2, 0) is 5.41 Å². The van der Waals surface area contributed by atoms with Crippen LogP contribution in [-0.4, -0.2) is 0 Å². The van der Waals surface area contributed by atoms with Crippen molar-refractivity contribution in [3.05, 3.63) is 114 Å². The van der Waals surface area contributed by atoms with Crippen LogP contribution in [0, 0.1) is 0 Å². The molecule has 3 aliphatic carbocycles. The Balaban J connectivity index is 2.10. The van der Waals surface area contributed by atoms with Crippen molar-refractivity contribution in [1.82, 2.24) is 0 Å². The maximum absolute atomic E-state index is 6.90. The number of benzene rings is 3. The van der Waals surface area contributed by atoms with Gasteiger partial charge in [-0.05, 0) is 47.2 Å². The zero-order chi connectivity index (χ0) is 19.8. The van der Waals surface area contributed by atoms with Crippen molar-refractivity contribution in [2.75, 3.05) is 0 Å². The fraction of sp³-hybridized carbons (Fsp3) is 0.167. The summed E-state index contributed by atoms with van der Waals surface area (Å²) in [6.45, 7) is 4.21. The molecule has 0 spiro atoms. The Morgan fingerprint density at radius 1 is 0.786 bits per heavy atom. The van der Waals surface area contributed by atoms with E-state index in [1.807, 2.05) is 0 Å². The van der Waals surface area contributed by atoms with E-state index in [0.717, 1.165) is 11.1 Å². The lowest BCUT2D eigenvalue weighted by atomic mass is 9.50. The van der Waals surface area contributed by atoms with Gasteiger partial charge in [-0.15, -0.1) is 0 Å². The Kier molecular flexibility index (Phi) is 4.17. The first-order valence-electron chi connectivity index (χ1n) is 9.14. The summed E-state index contributed by atoms with van der Waals surface area (Å²) in [5, 5.41) is 1.62. The van der Waals surface area contributed by atoms with E-state index >= 15 is 0 Å². The minimum absolute atomic E-state index is 0.0197. The molecule has 0 atom stereocenters. The molecule has 0 N–H and O–H groups in total. The van der Waals surface area contributed by atoms with Gasteiger partial charge in [-0.2, -0.15) is 0 Å². The molecule has 0 aliphatic heterocycles. The first-order valence-corrected chi connectivity index (χ1v) is 10.7. The van der Waals surface area contributed by atoms with E-state index in [1.165, 1.54) is 27.8 Å². The lowest BCUT2D eigenvalue weighted by molar-refractivity contribution is 0.617. The summed E-state index contributed by atoms with van der Waals surface area (Å²) in [5.74, 6) is -0.0197. The molecule has 0 nitrogen and oxygen atoms in total. The highest BCUT2D eigenvalue weighted by Crippen LogP contribution is 2.65. The van der Waals surface area contributed by atoms with E-state index in [-0.39, 0.29) is 5.92 Å². The third-order valence-electron chi connectivity index (χ3n) is 6.34. The summed E-state index contributed by atoms with van der Waals surface area (Å²) in [4.78, 5) is 0. The highest BCUT2D eigenvalue weighted by Gasteiger charge is 2.54. The zero-order valence-electron chi connectivity index (χ0n) is 15.3. The van der Waals surface area contributed by atoms with Crippen LogP contribution in [0.4, 0.5) is 0 Å². The summed E-state index contributed by atoms with van der Waals surface area (Å²) >= 11 is 26.8. The molecule has 0 heterocycles. The van der Waals surface area contributed by atoms with Crippen molar-refractivity contribution >= 4 is 46.4 Å². The highest BCUT2D eigenvalue weighted by molar-refractivity contribution is 6.52. The highest BCUT2D eigenvalue weighted by atomic mass is 35.5. The Hall–Kier alpha value is -1.44. The summed E-state index contributed by atoms with van der Waals surface area (Å²) < 4.78 is 0. The van der Waals surface area contributed by atoms with Gasteiger partial charge in [-0.1, -0.05) is 107 Å².